The molecule has 2 N–H and O–H groups in total. The zero-order valence-corrected chi connectivity index (χ0v) is 12.9. The number of carbonyl (C=O) groups excluding carboxylic acids is 1. The van der Waals surface area contributed by atoms with Crippen LogP contribution in [0.3, 0.4) is 0 Å². The zero-order valence-electron chi connectivity index (χ0n) is 12.1. The van der Waals surface area contributed by atoms with Crippen LogP contribution in [-0.2, 0) is 4.79 Å². The third kappa shape index (κ3) is 4.06. The molecule has 0 aliphatic heterocycles. The van der Waals surface area contributed by atoms with Gasteiger partial charge in [-0.15, -0.1) is 11.3 Å². The fourth-order valence-electron chi connectivity index (χ4n) is 1.98. The lowest BCUT2D eigenvalue weighted by Gasteiger charge is -2.15. The van der Waals surface area contributed by atoms with Crippen LogP contribution in [0.5, 0.6) is 5.75 Å². The van der Waals surface area contributed by atoms with Crippen LogP contribution < -0.4 is 10.1 Å². The second-order valence-corrected chi connectivity index (χ2v) is 5.75. The van der Waals surface area contributed by atoms with Crippen molar-refractivity contribution in [2.45, 2.75) is 18.9 Å². The predicted octanol–water partition coefficient (Wildman–Crippen LogP) is 2.71. The van der Waals surface area contributed by atoms with Crippen molar-refractivity contribution >= 4 is 17.2 Å². The Morgan fingerprint density at radius 3 is 2.86 bits per heavy atom. The predicted molar refractivity (Wildman–Crippen MR) is 83.7 cm³/mol. The number of benzene rings is 1. The van der Waals surface area contributed by atoms with Gasteiger partial charge in [0.15, 0.2) is 0 Å². The molecule has 0 bridgehead atoms. The standard InChI is InChI=1S/C16H19NO3S/c1-11(15-7-4-8-21-15)16(19)17-10-14(18)12-5-3-6-13(9-12)20-2/h3-9,11,14,18H,10H2,1-2H3,(H,17,19). The molecule has 0 spiro atoms. The maximum atomic E-state index is 12.1. The summed E-state index contributed by atoms with van der Waals surface area (Å²) in [6.07, 6.45) is -0.750. The molecule has 2 unspecified atom stereocenters. The Labute approximate surface area is 128 Å². The fraction of sp³-hybridized carbons (Fsp3) is 0.312. The molecule has 0 aliphatic carbocycles. The van der Waals surface area contributed by atoms with Gasteiger partial charge in [-0.25, -0.2) is 0 Å². The molecule has 0 radical (unpaired) electrons. The molecule has 0 saturated heterocycles. The van der Waals surface area contributed by atoms with Crippen LogP contribution >= 0.6 is 11.3 Å². The van der Waals surface area contributed by atoms with Crippen molar-refractivity contribution in [1.29, 1.82) is 0 Å². The van der Waals surface area contributed by atoms with Gasteiger partial charge in [-0.3, -0.25) is 4.79 Å². The van der Waals surface area contributed by atoms with Gasteiger partial charge in [0.2, 0.25) is 5.91 Å². The van der Waals surface area contributed by atoms with Gasteiger partial charge >= 0.3 is 0 Å². The Morgan fingerprint density at radius 1 is 1.38 bits per heavy atom. The van der Waals surface area contributed by atoms with Crippen LogP contribution in [0, 0.1) is 0 Å². The topological polar surface area (TPSA) is 58.6 Å². The molecule has 21 heavy (non-hydrogen) atoms. The lowest BCUT2D eigenvalue weighted by Crippen LogP contribution is -2.31. The highest BCUT2D eigenvalue weighted by Gasteiger charge is 2.17. The van der Waals surface area contributed by atoms with Gasteiger partial charge in [0.05, 0.1) is 19.1 Å². The molecule has 1 amide bonds. The van der Waals surface area contributed by atoms with Crippen molar-refractivity contribution in [3.05, 3.63) is 52.2 Å². The van der Waals surface area contributed by atoms with Gasteiger partial charge in [0.1, 0.15) is 5.75 Å². The molecule has 2 atom stereocenters. The van der Waals surface area contributed by atoms with Crippen molar-refractivity contribution in [1.82, 2.24) is 5.32 Å². The smallest absolute Gasteiger partial charge is 0.228 e. The summed E-state index contributed by atoms with van der Waals surface area (Å²) >= 11 is 1.56. The number of nitrogens with one attached hydrogen (secondary N) is 1. The van der Waals surface area contributed by atoms with E-state index in [0.29, 0.717) is 5.75 Å². The Morgan fingerprint density at radius 2 is 2.19 bits per heavy atom. The van der Waals surface area contributed by atoms with Gasteiger partial charge in [-0.05, 0) is 36.1 Å². The molecule has 0 saturated carbocycles. The highest BCUT2D eigenvalue weighted by molar-refractivity contribution is 7.10. The summed E-state index contributed by atoms with van der Waals surface area (Å²) in [6, 6.07) is 11.1. The van der Waals surface area contributed by atoms with Crippen molar-refractivity contribution in [2.24, 2.45) is 0 Å². The van der Waals surface area contributed by atoms with Crippen LogP contribution in [0.1, 0.15) is 29.4 Å². The first kappa shape index (κ1) is 15.5. The van der Waals surface area contributed by atoms with Gasteiger partial charge in [0.25, 0.3) is 0 Å². The fourth-order valence-corrected chi connectivity index (χ4v) is 2.77. The Bertz CT molecular complexity index is 583. The molecule has 4 nitrogen and oxygen atoms in total. The van der Waals surface area contributed by atoms with E-state index in [1.807, 2.05) is 42.6 Å². The van der Waals surface area contributed by atoms with Crippen molar-refractivity contribution in [2.75, 3.05) is 13.7 Å². The molecule has 2 rings (SSSR count). The molecule has 1 aromatic heterocycles. The first-order valence-electron chi connectivity index (χ1n) is 6.75. The van der Waals surface area contributed by atoms with E-state index in [2.05, 4.69) is 5.32 Å². The van der Waals surface area contributed by atoms with Crippen LogP contribution in [0.2, 0.25) is 0 Å². The summed E-state index contributed by atoms with van der Waals surface area (Å²) in [5.74, 6) is 0.395. The van der Waals surface area contributed by atoms with Gasteiger partial charge in [-0.2, -0.15) is 0 Å². The van der Waals surface area contributed by atoms with E-state index in [4.69, 9.17) is 4.74 Å². The van der Waals surface area contributed by atoms with Crippen LogP contribution in [0.15, 0.2) is 41.8 Å². The van der Waals surface area contributed by atoms with Crippen molar-refractivity contribution in [3.8, 4) is 5.75 Å². The second kappa shape index (κ2) is 7.24. The van der Waals surface area contributed by atoms with Crippen LogP contribution in [0.25, 0.3) is 0 Å². The normalized spacial score (nSPS) is 13.5. The Kier molecular flexibility index (Phi) is 5.36. The number of aliphatic hydroxyl groups is 1. The van der Waals surface area contributed by atoms with E-state index in [1.54, 1.807) is 24.5 Å². The number of carbonyl (C=O) groups is 1. The largest absolute Gasteiger partial charge is 0.497 e. The average Bonchev–Trinajstić information content (AvgIpc) is 3.05. The Balaban J connectivity index is 1.91. The summed E-state index contributed by atoms with van der Waals surface area (Å²) in [7, 11) is 1.58. The highest BCUT2D eigenvalue weighted by atomic mass is 32.1. The number of amides is 1. The molecular weight excluding hydrogens is 286 g/mol. The quantitative estimate of drug-likeness (QED) is 0.862. The maximum Gasteiger partial charge on any atom is 0.228 e. The first-order valence-corrected chi connectivity index (χ1v) is 7.63. The van der Waals surface area contributed by atoms with Gasteiger partial charge in [0, 0.05) is 11.4 Å². The highest BCUT2D eigenvalue weighted by Crippen LogP contribution is 2.22. The summed E-state index contributed by atoms with van der Waals surface area (Å²) in [6.45, 7) is 2.04. The number of thiophene rings is 1. The lowest BCUT2D eigenvalue weighted by molar-refractivity contribution is -0.122. The van der Waals surface area contributed by atoms with E-state index >= 15 is 0 Å². The van der Waals surface area contributed by atoms with E-state index < -0.39 is 6.10 Å². The van der Waals surface area contributed by atoms with Gasteiger partial charge < -0.3 is 15.2 Å². The molecule has 112 valence electrons. The first-order chi connectivity index (χ1) is 10.1. The lowest BCUT2D eigenvalue weighted by atomic mass is 10.1. The molecule has 0 fully saturated rings. The SMILES string of the molecule is COc1cccc(C(O)CNC(=O)C(C)c2cccs2)c1. The number of methoxy groups -OCH3 is 1. The summed E-state index contributed by atoms with van der Waals surface area (Å²) in [4.78, 5) is 13.1. The molecule has 1 heterocycles. The second-order valence-electron chi connectivity index (χ2n) is 4.77. The maximum absolute atomic E-state index is 12.1. The van der Waals surface area contributed by atoms with E-state index in [-0.39, 0.29) is 18.4 Å². The molecule has 5 heteroatoms. The minimum Gasteiger partial charge on any atom is -0.497 e. The Hall–Kier alpha value is -1.85. The number of hydrogen-bond donors (Lipinski definition) is 2. The average molecular weight is 305 g/mol. The third-order valence-corrected chi connectivity index (χ3v) is 4.37. The molecule has 1 aromatic carbocycles. The van der Waals surface area contributed by atoms with Crippen LogP contribution in [0.4, 0.5) is 0 Å². The van der Waals surface area contributed by atoms with E-state index in [9.17, 15) is 9.90 Å². The number of rotatable bonds is 6. The summed E-state index contributed by atoms with van der Waals surface area (Å²) < 4.78 is 5.12. The van der Waals surface area contributed by atoms with Crippen molar-refractivity contribution < 1.29 is 14.6 Å². The van der Waals surface area contributed by atoms with Crippen molar-refractivity contribution in [3.63, 3.8) is 0 Å². The molecule has 0 aliphatic rings. The summed E-state index contributed by atoms with van der Waals surface area (Å²) in [5.41, 5.74) is 0.721. The number of aliphatic hydroxyl groups excluding tert-OH is 1. The minimum absolute atomic E-state index is 0.0839. The summed E-state index contributed by atoms with van der Waals surface area (Å²) in [5, 5.41) is 14.9. The van der Waals surface area contributed by atoms with E-state index in [0.717, 1.165) is 10.4 Å². The molecular formula is C16H19NO3S. The minimum atomic E-state index is -0.750. The van der Waals surface area contributed by atoms with Crippen LogP contribution in [-0.4, -0.2) is 24.7 Å². The van der Waals surface area contributed by atoms with Gasteiger partial charge in [-0.1, -0.05) is 18.2 Å². The zero-order chi connectivity index (χ0) is 15.2. The number of ether oxygens (including phenoxy) is 1. The number of hydrogen-bond acceptors (Lipinski definition) is 4. The third-order valence-electron chi connectivity index (χ3n) is 3.31. The molecule has 2 aromatic rings. The van der Waals surface area contributed by atoms with E-state index in [1.165, 1.54) is 0 Å². The monoisotopic (exact) mass is 305 g/mol.